The van der Waals surface area contributed by atoms with Gasteiger partial charge in [-0.1, -0.05) is 13.8 Å². The first-order chi connectivity index (χ1) is 12.5. The number of nitrogens with zero attached hydrogens (tertiary/aromatic N) is 1. The quantitative estimate of drug-likeness (QED) is 0.425. The van der Waals surface area contributed by atoms with Crippen molar-refractivity contribution in [1.82, 2.24) is 4.98 Å². The molecule has 0 bridgehead atoms. The molecule has 27 heavy (non-hydrogen) atoms. The lowest BCUT2D eigenvalue weighted by Gasteiger charge is -2.24. The summed E-state index contributed by atoms with van der Waals surface area (Å²) in [6.45, 7) is 7.08. The number of carbonyl (C=O) groups is 2. The summed E-state index contributed by atoms with van der Waals surface area (Å²) in [5.74, 6) is -1.82. The summed E-state index contributed by atoms with van der Waals surface area (Å²) in [5.41, 5.74) is 0.178. The van der Waals surface area contributed by atoms with E-state index in [-0.39, 0.29) is 11.6 Å². The van der Waals surface area contributed by atoms with Crippen LogP contribution in [-0.4, -0.2) is 39.6 Å². The molecule has 0 aliphatic rings. The van der Waals surface area contributed by atoms with Crippen LogP contribution in [0, 0.1) is 11.8 Å². The second-order valence-electron chi connectivity index (χ2n) is 6.98. The van der Waals surface area contributed by atoms with Crippen molar-refractivity contribution in [3.8, 4) is 0 Å². The predicted octanol–water partition coefficient (Wildman–Crippen LogP) is 4.53. The van der Waals surface area contributed by atoms with Crippen LogP contribution in [0.3, 0.4) is 0 Å². The summed E-state index contributed by atoms with van der Waals surface area (Å²) in [6, 6.07) is 0. The molecule has 1 aromatic heterocycles. The maximum Gasteiger partial charge on any atom is 0.357 e. The van der Waals surface area contributed by atoms with Crippen LogP contribution in [0.1, 0.15) is 68.6 Å². The Morgan fingerprint density at radius 2 is 1.96 bits per heavy atom. The highest BCUT2D eigenvalue weighted by atomic mass is 35.5. The number of ether oxygens (including phenoxy) is 2. The van der Waals surface area contributed by atoms with Gasteiger partial charge in [-0.25, -0.2) is 9.78 Å². The topological polar surface area (TPSA) is 85.7 Å². The number of hydrogen-bond acceptors (Lipinski definition) is 7. The summed E-state index contributed by atoms with van der Waals surface area (Å²) in [6.07, 6.45) is 0.0260. The van der Waals surface area contributed by atoms with Crippen molar-refractivity contribution in [3.05, 3.63) is 16.1 Å². The van der Waals surface area contributed by atoms with Crippen LogP contribution in [0.2, 0.25) is 0 Å². The van der Waals surface area contributed by atoms with Crippen molar-refractivity contribution in [2.75, 3.05) is 7.11 Å². The van der Waals surface area contributed by atoms with E-state index in [4.69, 9.17) is 27.9 Å². The normalized spacial score (nSPS) is 15.3. The van der Waals surface area contributed by atoms with Gasteiger partial charge in [0.05, 0.1) is 19.1 Å². The summed E-state index contributed by atoms with van der Waals surface area (Å²) in [4.78, 5) is 28.3. The monoisotopic (exact) mass is 439 g/mol. The van der Waals surface area contributed by atoms with Crippen molar-refractivity contribution in [2.24, 2.45) is 11.8 Å². The number of carbonyl (C=O) groups excluding carboxylic acids is 2. The molecule has 0 aliphatic heterocycles. The Morgan fingerprint density at radius 1 is 1.33 bits per heavy atom. The maximum absolute atomic E-state index is 12.5. The van der Waals surface area contributed by atoms with Crippen molar-refractivity contribution in [3.63, 3.8) is 0 Å². The van der Waals surface area contributed by atoms with Crippen molar-refractivity contribution >= 4 is 46.5 Å². The molecule has 6 nitrogen and oxygen atoms in total. The lowest BCUT2D eigenvalue weighted by Crippen LogP contribution is -2.30. The van der Waals surface area contributed by atoms with Crippen LogP contribution in [0.15, 0.2) is 5.38 Å². The molecular formula is C18H27Cl2NO5S. The molecule has 9 heteroatoms. The first kappa shape index (κ1) is 24.1. The Bertz CT molecular complexity index is 630. The third-order valence-corrected chi connectivity index (χ3v) is 5.36. The van der Waals surface area contributed by atoms with Crippen LogP contribution in [0.5, 0.6) is 0 Å². The fourth-order valence-corrected chi connectivity index (χ4v) is 3.60. The predicted molar refractivity (Wildman–Crippen MR) is 106 cm³/mol. The molecular weight excluding hydrogens is 413 g/mol. The van der Waals surface area contributed by atoms with Gasteiger partial charge in [0.1, 0.15) is 9.34 Å². The Balaban J connectivity index is 2.72. The summed E-state index contributed by atoms with van der Waals surface area (Å²) in [5, 5.41) is 12.3. The number of hydrogen-bond donors (Lipinski definition) is 1. The number of esters is 2. The van der Waals surface area contributed by atoms with Gasteiger partial charge in [-0.15, -0.1) is 34.5 Å². The molecule has 1 N–H and O–H groups in total. The molecule has 0 aliphatic carbocycles. The van der Waals surface area contributed by atoms with Gasteiger partial charge in [0.2, 0.25) is 0 Å². The molecule has 0 unspecified atom stereocenters. The van der Waals surface area contributed by atoms with E-state index in [9.17, 15) is 14.7 Å². The largest absolute Gasteiger partial charge is 0.464 e. The van der Waals surface area contributed by atoms with E-state index in [1.807, 2.05) is 13.8 Å². The molecule has 0 radical (unpaired) electrons. The molecule has 1 heterocycles. The molecule has 154 valence electrons. The van der Waals surface area contributed by atoms with Crippen LogP contribution in [0.4, 0.5) is 0 Å². The van der Waals surface area contributed by atoms with Crippen LogP contribution >= 0.6 is 34.5 Å². The lowest BCUT2D eigenvalue weighted by atomic mass is 9.99. The molecule has 1 aromatic rings. The SMILES string of the molecule is COC(=O)c1csc([C@@H](OC(=O)[C@H](C)[C@@H](O)CCCC(C)(Cl)Cl)C(C)C)n1. The first-order valence-electron chi connectivity index (χ1n) is 8.76. The Hall–Kier alpha value is -0.890. The number of aliphatic hydroxyl groups is 1. The van der Waals surface area contributed by atoms with Crippen molar-refractivity contribution < 1.29 is 24.2 Å². The zero-order valence-electron chi connectivity index (χ0n) is 16.2. The molecule has 0 saturated carbocycles. The minimum absolute atomic E-state index is 0.0526. The Labute approximate surface area is 174 Å². The van der Waals surface area contributed by atoms with Crippen molar-refractivity contribution in [1.29, 1.82) is 0 Å². The second kappa shape index (κ2) is 10.6. The third kappa shape index (κ3) is 7.94. The minimum atomic E-state index is -0.858. The van der Waals surface area contributed by atoms with Gasteiger partial charge in [-0.3, -0.25) is 4.79 Å². The molecule has 0 fully saturated rings. The third-order valence-electron chi connectivity index (χ3n) is 4.07. The zero-order valence-corrected chi connectivity index (χ0v) is 18.5. The van der Waals surface area contributed by atoms with Gasteiger partial charge in [-0.05, 0) is 39.0 Å². The molecule has 3 atom stereocenters. The average molecular weight is 440 g/mol. The highest BCUT2D eigenvalue weighted by molar-refractivity contribution is 7.09. The van der Waals surface area contributed by atoms with Gasteiger partial charge in [0.25, 0.3) is 0 Å². The standard InChI is InChI=1S/C18H27Cl2NO5S/c1-10(2)14(15-21-12(9-27-15)17(24)25-5)26-16(23)11(3)13(22)7-6-8-18(4,19)20/h9-11,13-14,22H,6-8H2,1-5H3/t11-,13+,14+/m1/s1. The number of aromatic nitrogens is 1. The van der Waals surface area contributed by atoms with Crippen LogP contribution in [-0.2, 0) is 14.3 Å². The molecule has 0 spiro atoms. The van der Waals surface area contributed by atoms with Crippen LogP contribution in [0.25, 0.3) is 0 Å². The van der Waals surface area contributed by atoms with Crippen LogP contribution < -0.4 is 0 Å². The number of methoxy groups -OCH3 is 1. The van der Waals surface area contributed by atoms with Gasteiger partial charge < -0.3 is 14.6 Å². The molecule has 0 amide bonds. The van der Waals surface area contributed by atoms with Gasteiger partial charge in [-0.2, -0.15) is 0 Å². The van der Waals surface area contributed by atoms with Gasteiger partial charge in [0, 0.05) is 5.38 Å². The summed E-state index contributed by atoms with van der Waals surface area (Å²) < 4.78 is 9.39. The van der Waals surface area contributed by atoms with E-state index in [0.717, 1.165) is 0 Å². The van der Waals surface area contributed by atoms with E-state index >= 15 is 0 Å². The van der Waals surface area contributed by atoms with Gasteiger partial charge >= 0.3 is 11.9 Å². The van der Waals surface area contributed by atoms with E-state index < -0.39 is 34.4 Å². The number of alkyl halides is 2. The molecule has 0 aromatic carbocycles. The van der Waals surface area contributed by atoms with E-state index in [1.54, 1.807) is 19.2 Å². The lowest BCUT2D eigenvalue weighted by molar-refractivity contribution is -0.160. The number of halogens is 2. The van der Waals surface area contributed by atoms with Gasteiger partial charge in [0.15, 0.2) is 11.8 Å². The minimum Gasteiger partial charge on any atom is -0.464 e. The van der Waals surface area contributed by atoms with E-state index in [0.29, 0.717) is 24.3 Å². The second-order valence-corrected chi connectivity index (χ2v) is 9.73. The fourth-order valence-electron chi connectivity index (χ4n) is 2.35. The molecule has 0 saturated heterocycles. The molecule has 1 rings (SSSR count). The zero-order chi connectivity index (χ0) is 20.8. The highest BCUT2D eigenvalue weighted by Crippen LogP contribution is 2.31. The number of thiazole rings is 1. The summed E-state index contributed by atoms with van der Waals surface area (Å²) >= 11 is 13.1. The first-order valence-corrected chi connectivity index (χ1v) is 10.4. The summed E-state index contributed by atoms with van der Waals surface area (Å²) in [7, 11) is 1.28. The average Bonchev–Trinajstić information content (AvgIpc) is 3.06. The van der Waals surface area contributed by atoms with E-state index in [1.165, 1.54) is 18.4 Å². The highest BCUT2D eigenvalue weighted by Gasteiger charge is 2.30. The fraction of sp³-hybridized carbons (Fsp3) is 0.722. The maximum atomic E-state index is 12.5. The smallest absolute Gasteiger partial charge is 0.357 e. The van der Waals surface area contributed by atoms with E-state index in [2.05, 4.69) is 9.72 Å². The Kier molecular flexibility index (Phi) is 9.48. The number of rotatable bonds is 10. The van der Waals surface area contributed by atoms with Crippen molar-refractivity contribution in [2.45, 2.75) is 63.5 Å². The Morgan fingerprint density at radius 3 is 2.48 bits per heavy atom. The number of aliphatic hydroxyl groups excluding tert-OH is 1.